The van der Waals surface area contributed by atoms with Gasteiger partial charge in [-0.3, -0.25) is 9.59 Å². The van der Waals surface area contributed by atoms with Crippen molar-refractivity contribution < 1.29 is 19.4 Å². The van der Waals surface area contributed by atoms with Crippen LogP contribution < -0.4 is 4.74 Å². The third-order valence-electron chi connectivity index (χ3n) is 4.27. The van der Waals surface area contributed by atoms with E-state index in [-0.39, 0.29) is 17.9 Å². The van der Waals surface area contributed by atoms with Gasteiger partial charge in [-0.25, -0.2) is 0 Å². The molecule has 22 heavy (non-hydrogen) atoms. The Balaban J connectivity index is 1.97. The number of rotatable bonds is 7. The molecule has 0 saturated heterocycles. The van der Waals surface area contributed by atoms with Crippen molar-refractivity contribution in [1.82, 2.24) is 4.90 Å². The molecule has 1 saturated carbocycles. The molecule has 1 N–H and O–H groups in total. The highest BCUT2D eigenvalue weighted by molar-refractivity contribution is 5.89. The van der Waals surface area contributed by atoms with Gasteiger partial charge < -0.3 is 14.7 Å². The number of benzene rings is 1. The van der Waals surface area contributed by atoms with Gasteiger partial charge in [0, 0.05) is 12.6 Å². The van der Waals surface area contributed by atoms with E-state index in [1.54, 1.807) is 12.0 Å². The average molecular weight is 305 g/mol. The molecule has 1 aliphatic carbocycles. The summed E-state index contributed by atoms with van der Waals surface area (Å²) in [7, 11) is 1.63. The van der Waals surface area contributed by atoms with Crippen molar-refractivity contribution in [2.45, 2.75) is 32.7 Å². The van der Waals surface area contributed by atoms with E-state index in [0.717, 1.165) is 17.7 Å². The Morgan fingerprint density at radius 2 is 1.95 bits per heavy atom. The quantitative estimate of drug-likeness (QED) is 0.838. The molecule has 3 atom stereocenters. The fraction of sp³-hybridized carbons (Fsp3) is 0.529. The van der Waals surface area contributed by atoms with E-state index < -0.39 is 11.9 Å². The van der Waals surface area contributed by atoms with Gasteiger partial charge in [0.2, 0.25) is 5.91 Å². The van der Waals surface area contributed by atoms with E-state index in [1.807, 2.05) is 38.1 Å². The number of amides is 1. The lowest BCUT2D eigenvalue weighted by Gasteiger charge is -2.28. The molecule has 5 nitrogen and oxygen atoms in total. The van der Waals surface area contributed by atoms with Crippen LogP contribution in [0.3, 0.4) is 0 Å². The lowest BCUT2D eigenvalue weighted by molar-refractivity contribution is -0.142. The van der Waals surface area contributed by atoms with Crippen LogP contribution in [0, 0.1) is 11.8 Å². The van der Waals surface area contributed by atoms with E-state index in [9.17, 15) is 9.59 Å². The zero-order chi connectivity index (χ0) is 16.3. The molecule has 2 rings (SSSR count). The zero-order valence-electron chi connectivity index (χ0n) is 13.3. The Labute approximate surface area is 130 Å². The summed E-state index contributed by atoms with van der Waals surface area (Å²) in [6.45, 7) is 4.53. The Morgan fingerprint density at radius 1 is 1.32 bits per heavy atom. The molecule has 1 fully saturated rings. The van der Waals surface area contributed by atoms with Gasteiger partial charge in [-0.05, 0) is 44.4 Å². The van der Waals surface area contributed by atoms with E-state index in [4.69, 9.17) is 9.84 Å². The van der Waals surface area contributed by atoms with Crippen LogP contribution in [0.1, 0.15) is 25.8 Å². The second-order valence-corrected chi connectivity index (χ2v) is 5.81. The number of carboxylic acid groups (broad SMARTS) is 1. The number of methoxy groups -OCH3 is 1. The smallest absolute Gasteiger partial charge is 0.307 e. The van der Waals surface area contributed by atoms with Crippen molar-refractivity contribution >= 4 is 11.9 Å². The first-order chi connectivity index (χ1) is 10.5. The van der Waals surface area contributed by atoms with Gasteiger partial charge in [-0.2, -0.15) is 0 Å². The van der Waals surface area contributed by atoms with Crippen LogP contribution in [0.4, 0.5) is 0 Å². The maximum absolute atomic E-state index is 12.4. The van der Waals surface area contributed by atoms with Crippen LogP contribution in [-0.4, -0.2) is 41.6 Å². The average Bonchev–Trinajstić information content (AvgIpc) is 3.29. The second-order valence-electron chi connectivity index (χ2n) is 5.81. The predicted molar refractivity (Wildman–Crippen MR) is 82.8 cm³/mol. The summed E-state index contributed by atoms with van der Waals surface area (Å²) in [6, 6.07) is 7.83. The van der Waals surface area contributed by atoms with Crippen molar-refractivity contribution in [3.63, 3.8) is 0 Å². The molecule has 0 aliphatic heterocycles. The monoisotopic (exact) mass is 305 g/mol. The third kappa shape index (κ3) is 3.59. The number of likely N-dealkylation sites (N-methyl/N-ethyl adjacent to an activating group) is 1. The van der Waals surface area contributed by atoms with Gasteiger partial charge in [0.15, 0.2) is 0 Å². The third-order valence-corrected chi connectivity index (χ3v) is 4.27. The number of ether oxygens (including phenoxy) is 1. The number of hydrogen-bond donors (Lipinski definition) is 1. The van der Waals surface area contributed by atoms with Crippen LogP contribution in [0.2, 0.25) is 0 Å². The number of nitrogens with zero attached hydrogens (tertiary/aromatic N) is 1. The summed E-state index contributed by atoms with van der Waals surface area (Å²) in [5.41, 5.74) is 1.13. The Hall–Kier alpha value is -2.04. The first kappa shape index (κ1) is 16.3. The molecule has 120 valence electrons. The van der Waals surface area contributed by atoms with Crippen molar-refractivity contribution in [2.24, 2.45) is 11.8 Å². The molecule has 1 amide bonds. The summed E-state index contributed by atoms with van der Waals surface area (Å²) in [4.78, 5) is 25.1. The van der Waals surface area contributed by atoms with Crippen LogP contribution >= 0.6 is 0 Å². The molecule has 0 heterocycles. The van der Waals surface area contributed by atoms with E-state index in [0.29, 0.717) is 13.0 Å². The van der Waals surface area contributed by atoms with Gasteiger partial charge >= 0.3 is 5.97 Å². The topological polar surface area (TPSA) is 66.8 Å². The molecule has 0 radical (unpaired) electrons. The Morgan fingerprint density at radius 3 is 2.41 bits per heavy atom. The molecule has 0 spiro atoms. The van der Waals surface area contributed by atoms with E-state index >= 15 is 0 Å². The lowest BCUT2D eigenvalue weighted by atomic mass is 10.0. The van der Waals surface area contributed by atoms with Crippen molar-refractivity contribution in [3.8, 4) is 5.75 Å². The molecule has 5 heteroatoms. The molecule has 0 aromatic heterocycles. The Kier molecular flexibility index (Phi) is 5.06. The highest BCUT2D eigenvalue weighted by Crippen LogP contribution is 2.40. The van der Waals surface area contributed by atoms with Gasteiger partial charge in [0.25, 0.3) is 0 Å². The number of carbonyl (C=O) groups excluding carboxylic acids is 1. The first-order valence-electron chi connectivity index (χ1n) is 7.64. The van der Waals surface area contributed by atoms with Crippen molar-refractivity contribution in [3.05, 3.63) is 29.8 Å². The highest BCUT2D eigenvalue weighted by Gasteiger charge is 2.50. The van der Waals surface area contributed by atoms with Crippen LogP contribution in [0.25, 0.3) is 0 Å². The fourth-order valence-electron chi connectivity index (χ4n) is 2.85. The minimum absolute atomic E-state index is 0.0316. The van der Waals surface area contributed by atoms with E-state index in [2.05, 4.69) is 0 Å². The molecule has 0 bridgehead atoms. The molecular formula is C17H23NO4. The SMILES string of the molecule is CCN(C(=O)C1CC1C(=O)O)C(C)Cc1ccc(OC)cc1. The predicted octanol–water partition coefficient (Wildman–Crippen LogP) is 2.20. The van der Waals surface area contributed by atoms with Crippen LogP contribution in [0.15, 0.2) is 24.3 Å². The molecule has 1 aliphatic rings. The minimum atomic E-state index is -0.864. The number of carboxylic acids is 1. The fourth-order valence-corrected chi connectivity index (χ4v) is 2.85. The van der Waals surface area contributed by atoms with Gasteiger partial charge in [-0.1, -0.05) is 12.1 Å². The van der Waals surface area contributed by atoms with Crippen LogP contribution in [0.5, 0.6) is 5.75 Å². The summed E-state index contributed by atoms with van der Waals surface area (Å²) in [6.07, 6.45) is 1.22. The summed E-state index contributed by atoms with van der Waals surface area (Å²) in [5, 5.41) is 8.97. The summed E-state index contributed by atoms with van der Waals surface area (Å²) >= 11 is 0. The molecular weight excluding hydrogens is 282 g/mol. The van der Waals surface area contributed by atoms with E-state index in [1.165, 1.54) is 0 Å². The van der Waals surface area contributed by atoms with Gasteiger partial charge in [0.05, 0.1) is 18.9 Å². The normalized spacial score (nSPS) is 21.0. The second kappa shape index (κ2) is 6.81. The summed E-state index contributed by atoms with van der Waals surface area (Å²) < 4.78 is 5.13. The van der Waals surface area contributed by atoms with Crippen molar-refractivity contribution in [2.75, 3.05) is 13.7 Å². The minimum Gasteiger partial charge on any atom is -0.497 e. The zero-order valence-corrected chi connectivity index (χ0v) is 13.3. The number of aliphatic carboxylic acids is 1. The standard InChI is InChI=1S/C17H23NO4/c1-4-18(16(19)14-10-15(14)17(20)21)11(2)9-12-5-7-13(22-3)8-6-12/h5-8,11,14-15H,4,9-10H2,1-3H3,(H,20,21). The lowest BCUT2D eigenvalue weighted by Crippen LogP contribution is -2.41. The molecule has 1 aromatic carbocycles. The van der Waals surface area contributed by atoms with Crippen molar-refractivity contribution in [1.29, 1.82) is 0 Å². The number of hydrogen-bond acceptors (Lipinski definition) is 3. The number of carbonyl (C=O) groups is 2. The highest BCUT2D eigenvalue weighted by atomic mass is 16.5. The largest absolute Gasteiger partial charge is 0.497 e. The van der Waals surface area contributed by atoms with Crippen LogP contribution in [-0.2, 0) is 16.0 Å². The summed E-state index contributed by atoms with van der Waals surface area (Å²) in [5.74, 6) is -0.916. The maximum Gasteiger partial charge on any atom is 0.307 e. The van der Waals surface area contributed by atoms with Gasteiger partial charge in [0.1, 0.15) is 5.75 Å². The maximum atomic E-state index is 12.4. The molecule has 1 aromatic rings. The first-order valence-corrected chi connectivity index (χ1v) is 7.64. The van der Waals surface area contributed by atoms with Gasteiger partial charge in [-0.15, -0.1) is 0 Å². The Bertz CT molecular complexity index is 540. The molecule has 3 unspecified atom stereocenters.